The fourth-order valence-corrected chi connectivity index (χ4v) is 4.32. The zero-order valence-corrected chi connectivity index (χ0v) is 15.3. The molecular weight excluding hydrogens is 318 g/mol. The lowest BCUT2D eigenvalue weighted by Crippen LogP contribution is -2.19. The number of ether oxygens (including phenoxy) is 1. The fourth-order valence-electron chi connectivity index (χ4n) is 2.08. The molecule has 0 aliphatic carbocycles. The van der Waals surface area contributed by atoms with Crippen LogP contribution in [0.15, 0.2) is 18.2 Å². The van der Waals surface area contributed by atoms with Crippen LogP contribution in [-0.4, -0.2) is 29.1 Å². The van der Waals surface area contributed by atoms with E-state index in [-0.39, 0.29) is 17.3 Å². The molecule has 0 aliphatic rings. The number of aliphatic hydroxyl groups is 1. The van der Waals surface area contributed by atoms with Gasteiger partial charge in [0.1, 0.15) is 0 Å². The second kappa shape index (κ2) is 9.45. The van der Waals surface area contributed by atoms with E-state index in [2.05, 4.69) is 19.2 Å². The molecule has 0 atom stereocenters. The average Bonchev–Trinajstić information content (AvgIpc) is 2.45. The summed E-state index contributed by atoms with van der Waals surface area (Å²) in [5.74, 6) is -0.00626. The molecule has 0 unspecified atom stereocenters. The van der Waals surface area contributed by atoms with Crippen molar-refractivity contribution in [2.45, 2.75) is 44.6 Å². The first-order valence-corrected chi connectivity index (χ1v) is 9.70. The predicted molar refractivity (Wildman–Crippen MR) is 96.1 cm³/mol. The number of nitrogens with one attached hydrogen (secondary N) is 1. The smallest absolute Gasteiger partial charge is 0.224 e. The van der Waals surface area contributed by atoms with E-state index in [1.54, 1.807) is 34.8 Å². The molecule has 22 heavy (non-hydrogen) atoms. The van der Waals surface area contributed by atoms with Crippen LogP contribution in [0.2, 0.25) is 0 Å². The Morgan fingerprint density at radius 1 is 1.32 bits per heavy atom. The van der Waals surface area contributed by atoms with E-state index in [0.29, 0.717) is 18.7 Å². The number of hydrogen-bond acceptors (Lipinski definition) is 5. The Morgan fingerprint density at radius 2 is 2.00 bits per heavy atom. The number of benzene rings is 1. The molecule has 0 radical (unpaired) electrons. The van der Waals surface area contributed by atoms with E-state index in [9.17, 15) is 9.90 Å². The quantitative estimate of drug-likeness (QED) is 0.667. The molecule has 1 amide bonds. The summed E-state index contributed by atoms with van der Waals surface area (Å²) in [6.07, 6.45) is 3.34. The normalized spacial score (nSPS) is 11.5. The second-order valence-corrected chi connectivity index (χ2v) is 8.79. The van der Waals surface area contributed by atoms with Gasteiger partial charge < -0.3 is 15.2 Å². The summed E-state index contributed by atoms with van der Waals surface area (Å²) in [4.78, 5) is 12.1. The molecule has 1 aromatic carbocycles. The van der Waals surface area contributed by atoms with Crippen LogP contribution in [0.5, 0.6) is 0 Å². The molecule has 1 aromatic rings. The molecule has 0 fully saturated rings. The van der Waals surface area contributed by atoms with E-state index < -0.39 is 0 Å². The first-order valence-electron chi connectivity index (χ1n) is 7.14. The maximum Gasteiger partial charge on any atom is 0.224 e. The van der Waals surface area contributed by atoms with Gasteiger partial charge in [0, 0.05) is 24.0 Å². The molecule has 0 aromatic heterocycles. The number of carbonyl (C=O) groups is 1. The van der Waals surface area contributed by atoms with Crippen molar-refractivity contribution < 1.29 is 14.6 Å². The Balaban J connectivity index is 2.65. The van der Waals surface area contributed by atoms with E-state index in [1.807, 2.05) is 18.4 Å². The van der Waals surface area contributed by atoms with Crippen molar-refractivity contribution in [3.63, 3.8) is 0 Å². The minimum Gasteiger partial charge on any atom is -0.392 e. The monoisotopic (exact) mass is 343 g/mol. The zero-order chi connectivity index (χ0) is 16.6. The molecule has 0 saturated carbocycles. The molecule has 6 heteroatoms. The molecule has 2 N–H and O–H groups in total. The number of carbonyl (C=O) groups excluding carboxylic acids is 1. The number of anilines is 1. The average molecular weight is 344 g/mol. The number of amides is 1. The van der Waals surface area contributed by atoms with Crippen molar-refractivity contribution in [3.05, 3.63) is 29.3 Å². The van der Waals surface area contributed by atoms with Crippen LogP contribution in [0.25, 0.3) is 0 Å². The molecular formula is C16H25NO3S2. The minimum absolute atomic E-state index is 0.00626. The molecule has 0 bridgehead atoms. The number of hydrogen-bond donors (Lipinski definition) is 2. The van der Waals surface area contributed by atoms with Crippen LogP contribution in [0.4, 0.5) is 5.69 Å². The lowest BCUT2D eigenvalue weighted by atomic mass is 10.1. The highest BCUT2D eigenvalue weighted by Crippen LogP contribution is 2.37. The van der Waals surface area contributed by atoms with Gasteiger partial charge in [-0.1, -0.05) is 27.7 Å². The summed E-state index contributed by atoms with van der Waals surface area (Å²) in [5, 5.41) is 12.2. The van der Waals surface area contributed by atoms with Crippen LogP contribution >= 0.6 is 21.6 Å². The number of aliphatic hydroxyl groups excluding tert-OH is 1. The zero-order valence-electron chi connectivity index (χ0n) is 13.6. The first-order chi connectivity index (χ1) is 10.4. The summed E-state index contributed by atoms with van der Waals surface area (Å²) in [6.45, 7) is 4.68. The standard InChI is InChI=1S/C16H25NO3S2/c1-16(2,22-21-4)6-5-15(19)17-14-8-12(10-18)7-13(9-14)11-20-3/h7-9,18H,5-6,10-11H2,1-4H3,(H,17,19). The molecule has 4 nitrogen and oxygen atoms in total. The highest BCUT2D eigenvalue weighted by Gasteiger charge is 2.19. The van der Waals surface area contributed by atoms with Crippen molar-refractivity contribution in [3.8, 4) is 0 Å². The van der Waals surface area contributed by atoms with Gasteiger partial charge in [0.2, 0.25) is 5.91 Å². The van der Waals surface area contributed by atoms with Crippen LogP contribution in [0, 0.1) is 0 Å². The Kier molecular flexibility index (Phi) is 8.31. The van der Waals surface area contributed by atoms with Crippen molar-refractivity contribution in [2.24, 2.45) is 0 Å². The maximum atomic E-state index is 12.1. The van der Waals surface area contributed by atoms with Crippen molar-refractivity contribution in [2.75, 3.05) is 18.7 Å². The third-order valence-corrected chi connectivity index (χ3v) is 5.77. The van der Waals surface area contributed by atoms with E-state index in [1.165, 1.54) is 0 Å². The lowest BCUT2D eigenvalue weighted by Gasteiger charge is -2.22. The van der Waals surface area contributed by atoms with E-state index in [4.69, 9.17) is 4.74 Å². The summed E-state index contributed by atoms with van der Waals surface area (Å²) in [6, 6.07) is 5.54. The second-order valence-electron chi connectivity index (χ2n) is 5.69. The molecule has 0 saturated heterocycles. The van der Waals surface area contributed by atoms with Crippen molar-refractivity contribution in [1.29, 1.82) is 0 Å². The summed E-state index contributed by atoms with van der Waals surface area (Å²) in [5.41, 5.74) is 2.41. The third kappa shape index (κ3) is 7.05. The fraction of sp³-hybridized carbons (Fsp3) is 0.562. The highest BCUT2D eigenvalue weighted by molar-refractivity contribution is 8.76. The molecule has 124 valence electrons. The lowest BCUT2D eigenvalue weighted by molar-refractivity contribution is -0.116. The van der Waals surface area contributed by atoms with Gasteiger partial charge in [-0.15, -0.1) is 0 Å². The maximum absolute atomic E-state index is 12.1. The Morgan fingerprint density at radius 3 is 2.59 bits per heavy atom. The summed E-state index contributed by atoms with van der Waals surface area (Å²) in [7, 11) is 5.12. The Bertz CT molecular complexity index is 492. The van der Waals surface area contributed by atoms with Gasteiger partial charge in [-0.2, -0.15) is 0 Å². The van der Waals surface area contributed by atoms with Gasteiger partial charge in [-0.3, -0.25) is 4.79 Å². The minimum atomic E-state index is -0.0577. The molecule has 1 rings (SSSR count). The van der Waals surface area contributed by atoms with Gasteiger partial charge in [0.25, 0.3) is 0 Å². The topological polar surface area (TPSA) is 58.6 Å². The summed E-state index contributed by atoms with van der Waals surface area (Å²) < 4.78 is 5.18. The third-order valence-electron chi connectivity index (χ3n) is 3.09. The summed E-state index contributed by atoms with van der Waals surface area (Å²) >= 11 is 0. The van der Waals surface area contributed by atoms with E-state index >= 15 is 0 Å². The SMILES string of the molecule is COCc1cc(CO)cc(NC(=O)CCC(C)(C)SSC)c1. The molecule has 0 heterocycles. The highest BCUT2D eigenvalue weighted by atomic mass is 33.1. The van der Waals surface area contributed by atoms with Crippen LogP contribution < -0.4 is 5.32 Å². The number of rotatable bonds is 9. The van der Waals surface area contributed by atoms with Gasteiger partial charge in [-0.05, 0) is 49.8 Å². The van der Waals surface area contributed by atoms with Gasteiger partial charge in [0.05, 0.1) is 13.2 Å². The van der Waals surface area contributed by atoms with Crippen LogP contribution in [0.3, 0.4) is 0 Å². The van der Waals surface area contributed by atoms with Crippen LogP contribution in [-0.2, 0) is 22.7 Å². The van der Waals surface area contributed by atoms with E-state index in [0.717, 1.165) is 17.5 Å². The Labute approximate surface area is 140 Å². The van der Waals surface area contributed by atoms with Crippen molar-refractivity contribution in [1.82, 2.24) is 0 Å². The predicted octanol–water partition coefficient (Wildman–Crippen LogP) is 3.83. The van der Waals surface area contributed by atoms with Crippen molar-refractivity contribution >= 4 is 33.2 Å². The van der Waals surface area contributed by atoms with Gasteiger partial charge >= 0.3 is 0 Å². The Hall–Kier alpha value is -0.690. The molecule has 0 aliphatic heterocycles. The first kappa shape index (κ1) is 19.4. The number of methoxy groups -OCH3 is 1. The van der Waals surface area contributed by atoms with Crippen LogP contribution in [0.1, 0.15) is 37.8 Å². The van der Waals surface area contributed by atoms with Gasteiger partial charge in [0.15, 0.2) is 0 Å². The largest absolute Gasteiger partial charge is 0.392 e. The molecule has 0 spiro atoms. The van der Waals surface area contributed by atoms with Gasteiger partial charge in [-0.25, -0.2) is 0 Å².